The molecule has 0 aromatic rings. The highest BCUT2D eigenvalue weighted by Gasteiger charge is 2.39. The number of hydrogen-bond donors (Lipinski definition) is 2. The summed E-state index contributed by atoms with van der Waals surface area (Å²) in [6.07, 6.45) is 0.919. The van der Waals surface area contributed by atoms with Gasteiger partial charge in [-0.2, -0.15) is 0 Å². The Kier molecular flexibility index (Phi) is 1.45. The summed E-state index contributed by atoms with van der Waals surface area (Å²) in [5.41, 5.74) is 5.25. The molecule has 0 aromatic carbocycles. The largest absolute Gasteiger partial charge is 0.387 e. The summed E-state index contributed by atoms with van der Waals surface area (Å²) in [6.45, 7) is 3.31. The average Bonchev–Trinajstić information content (AvgIpc) is 1.62. The standard InChI is InChI=1S/C6H12N2O/c1-2-6(5(7)8)3-9-4-6/h2-4H2,1H3,(H3,7,8). The van der Waals surface area contributed by atoms with Crippen LogP contribution in [-0.2, 0) is 4.74 Å². The van der Waals surface area contributed by atoms with Gasteiger partial charge in [0.2, 0.25) is 0 Å². The monoisotopic (exact) mass is 128 g/mol. The molecular formula is C6H12N2O. The van der Waals surface area contributed by atoms with Crippen molar-refractivity contribution in [2.75, 3.05) is 13.2 Å². The summed E-state index contributed by atoms with van der Waals surface area (Å²) in [5, 5.41) is 7.20. The molecule has 0 radical (unpaired) electrons. The second kappa shape index (κ2) is 1.99. The molecule has 3 nitrogen and oxygen atoms in total. The number of hydrogen-bond acceptors (Lipinski definition) is 2. The van der Waals surface area contributed by atoms with Crippen LogP contribution >= 0.6 is 0 Å². The molecule has 3 heteroatoms. The van der Waals surface area contributed by atoms with Crippen molar-refractivity contribution in [3.63, 3.8) is 0 Å². The maximum atomic E-state index is 7.20. The van der Waals surface area contributed by atoms with Crippen molar-refractivity contribution in [2.45, 2.75) is 13.3 Å². The van der Waals surface area contributed by atoms with E-state index in [0.29, 0.717) is 13.2 Å². The third-order valence-electron chi connectivity index (χ3n) is 2.00. The van der Waals surface area contributed by atoms with Gasteiger partial charge in [0.05, 0.1) is 18.6 Å². The number of ether oxygens (including phenoxy) is 1. The van der Waals surface area contributed by atoms with Crippen molar-refractivity contribution < 1.29 is 4.74 Å². The van der Waals surface area contributed by atoms with Crippen LogP contribution in [0.15, 0.2) is 0 Å². The minimum Gasteiger partial charge on any atom is -0.387 e. The lowest BCUT2D eigenvalue weighted by molar-refractivity contribution is -0.0719. The first-order chi connectivity index (χ1) is 4.21. The molecule has 0 aliphatic carbocycles. The van der Waals surface area contributed by atoms with E-state index < -0.39 is 0 Å². The molecule has 0 atom stereocenters. The SMILES string of the molecule is CCC1(C(=N)N)COC1. The quantitative estimate of drug-likeness (QED) is 0.416. The van der Waals surface area contributed by atoms with Crippen molar-refractivity contribution in [1.29, 1.82) is 5.41 Å². The lowest BCUT2D eigenvalue weighted by Crippen LogP contribution is -2.51. The molecule has 0 amide bonds. The Balaban J connectivity index is 2.57. The Morgan fingerprint density at radius 2 is 2.33 bits per heavy atom. The van der Waals surface area contributed by atoms with E-state index in [2.05, 4.69) is 0 Å². The first-order valence-corrected chi connectivity index (χ1v) is 3.13. The Bertz CT molecular complexity index is 124. The molecule has 1 heterocycles. The topological polar surface area (TPSA) is 59.1 Å². The van der Waals surface area contributed by atoms with Crippen molar-refractivity contribution in [3.05, 3.63) is 0 Å². The van der Waals surface area contributed by atoms with E-state index >= 15 is 0 Å². The first kappa shape index (κ1) is 6.55. The molecule has 1 rings (SSSR count). The lowest BCUT2D eigenvalue weighted by Gasteiger charge is -2.39. The third-order valence-corrected chi connectivity index (χ3v) is 2.00. The van der Waals surface area contributed by atoms with E-state index in [9.17, 15) is 0 Å². The summed E-state index contributed by atoms with van der Waals surface area (Å²) < 4.78 is 4.97. The van der Waals surface area contributed by atoms with E-state index in [0.717, 1.165) is 6.42 Å². The van der Waals surface area contributed by atoms with Gasteiger partial charge in [-0.25, -0.2) is 0 Å². The molecule has 1 aliphatic heterocycles. The van der Waals surface area contributed by atoms with Gasteiger partial charge < -0.3 is 10.5 Å². The summed E-state index contributed by atoms with van der Waals surface area (Å²) in [7, 11) is 0. The molecule has 0 saturated carbocycles. The van der Waals surface area contributed by atoms with Gasteiger partial charge in [0.15, 0.2) is 0 Å². The van der Waals surface area contributed by atoms with Gasteiger partial charge in [0.1, 0.15) is 5.84 Å². The van der Waals surface area contributed by atoms with Gasteiger partial charge in [-0.15, -0.1) is 0 Å². The van der Waals surface area contributed by atoms with Crippen molar-refractivity contribution >= 4 is 5.84 Å². The second-order valence-electron chi connectivity index (χ2n) is 2.54. The van der Waals surface area contributed by atoms with E-state index in [1.807, 2.05) is 6.92 Å². The van der Waals surface area contributed by atoms with E-state index in [-0.39, 0.29) is 11.3 Å². The van der Waals surface area contributed by atoms with Gasteiger partial charge in [-0.05, 0) is 6.42 Å². The van der Waals surface area contributed by atoms with Gasteiger partial charge in [-0.1, -0.05) is 6.92 Å². The van der Waals surface area contributed by atoms with Crippen LogP contribution in [0.2, 0.25) is 0 Å². The molecule has 3 N–H and O–H groups in total. The predicted octanol–water partition coefficient (Wildman–Crippen LogP) is 0.349. The number of rotatable bonds is 2. The summed E-state index contributed by atoms with van der Waals surface area (Å²) in [4.78, 5) is 0. The number of nitrogens with one attached hydrogen (secondary N) is 1. The van der Waals surface area contributed by atoms with Crippen LogP contribution < -0.4 is 5.73 Å². The highest BCUT2D eigenvalue weighted by atomic mass is 16.5. The molecule has 0 unspecified atom stereocenters. The normalized spacial score (nSPS) is 22.8. The molecule has 9 heavy (non-hydrogen) atoms. The van der Waals surface area contributed by atoms with Crippen LogP contribution in [0.25, 0.3) is 0 Å². The fraction of sp³-hybridized carbons (Fsp3) is 0.833. The van der Waals surface area contributed by atoms with Crippen molar-refractivity contribution in [1.82, 2.24) is 0 Å². The van der Waals surface area contributed by atoms with Crippen LogP contribution in [0.5, 0.6) is 0 Å². The van der Waals surface area contributed by atoms with Crippen LogP contribution in [0.1, 0.15) is 13.3 Å². The summed E-state index contributed by atoms with van der Waals surface area (Å²) in [6, 6.07) is 0. The third kappa shape index (κ3) is 0.812. The minimum absolute atomic E-state index is 0.0972. The van der Waals surface area contributed by atoms with Crippen LogP contribution in [0, 0.1) is 10.8 Å². The second-order valence-corrected chi connectivity index (χ2v) is 2.54. The molecule has 0 spiro atoms. The van der Waals surface area contributed by atoms with Gasteiger partial charge in [0.25, 0.3) is 0 Å². The smallest absolute Gasteiger partial charge is 0.102 e. The maximum absolute atomic E-state index is 7.20. The number of amidine groups is 1. The zero-order valence-corrected chi connectivity index (χ0v) is 5.61. The van der Waals surface area contributed by atoms with Crippen molar-refractivity contribution in [2.24, 2.45) is 11.1 Å². The lowest BCUT2D eigenvalue weighted by atomic mass is 9.82. The molecular weight excluding hydrogens is 116 g/mol. The van der Waals surface area contributed by atoms with Gasteiger partial charge >= 0.3 is 0 Å². The zero-order chi connectivity index (χ0) is 6.91. The Morgan fingerprint density at radius 1 is 1.78 bits per heavy atom. The van der Waals surface area contributed by atoms with E-state index in [4.69, 9.17) is 15.9 Å². The maximum Gasteiger partial charge on any atom is 0.102 e. The molecule has 1 fully saturated rings. The highest BCUT2D eigenvalue weighted by molar-refractivity contribution is 5.84. The van der Waals surface area contributed by atoms with Crippen molar-refractivity contribution in [3.8, 4) is 0 Å². The molecule has 1 saturated heterocycles. The van der Waals surface area contributed by atoms with E-state index in [1.165, 1.54) is 0 Å². The molecule has 1 aliphatic rings. The Labute approximate surface area is 54.7 Å². The zero-order valence-electron chi connectivity index (χ0n) is 5.61. The van der Waals surface area contributed by atoms with Gasteiger partial charge in [0, 0.05) is 0 Å². The fourth-order valence-corrected chi connectivity index (χ4v) is 0.899. The van der Waals surface area contributed by atoms with Crippen LogP contribution in [0.3, 0.4) is 0 Å². The van der Waals surface area contributed by atoms with Crippen LogP contribution in [-0.4, -0.2) is 19.0 Å². The molecule has 0 bridgehead atoms. The average molecular weight is 128 g/mol. The van der Waals surface area contributed by atoms with E-state index in [1.54, 1.807) is 0 Å². The Morgan fingerprint density at radius 3 is 2.33 bits per heavy atom. The summed E-state index contributed by atoms with van der Waals surface area (Å²) in [5.74, 6) is 0.274. The number of nitrogens with two attached hydrogens (primary N) is 1. The van der Waals surface area contributed by atoms with Gasteiger partial charge in [-0.3, -0.25) is 5.41 Å². The molecule has 52 valence electrons. The molecule has 0 aromatic heterocycles. The highest BCUT2D eigenvalue weighted by Crippen LogP contribution is 2.30. The van der Waals surface area contributed by atoms with Crippen LogP contribution in [0.4, 0.5) is 0 Å². The summed E-state index contributed by atoms with van der Waals surface area (Å²) >= 11 is 0. The Hall–Kier alpha value is -0.570. The first-order valence-electron chi connectivity index (χ1n) is 3.13. The minimum atomic E-state index is -0.0972. The fourth-order valence-electron chi connectivity index (χ4n) is 0.899. The predicted molar refractivity (Wildman–Crippen MR) is 35.5 cm³/mol.